The summed E-state index contributed by atoms with van der Waals surface area (Å²) in [6.07, 6.45) is 3.39. The van der Waals surface area contributed by atoms with Crippen LogP contribution in [0.2, 0.25) is 0 Å². The third kappa shape index (κ3) is 6.24. The Bertz CT molecular complexity index is 725. The quantitative estimate of drug-likeness (QED) is 0.696. The van der Waals surface area contributed by atoms with Gasteiger partial charge in [-0.05, 0) is 36.6 Å². The van der Waals surface area contributed by atoms with E-state index in [0.717, 1.165) is 24.8 Å². The summed E-state index contributed by atoms with van der Waals surface area (Å²) in [5.41, 5.74) is 2.66. The Balaban J connectivity index is 1.78. The van der Waals surface area contributed by atoms with Crippen molar-refractivity contribution in [3.63, 3.8) is 0 Å². The van der Waals surface area contributed by atoms with Gasteiger partial charge in [-0.15, -0.1) is 0 Å². The molecular weight excluding hydrogens is 330 g/mol. The maximum Gasteiger partial charge on any atom is 0.310 e. The first-order valence-electron chi connectivity index (χ1n) is 8.78. The average molecular weight is 355 g/mol. The number of benzene rings is 2. The summed E-state index contributed by atoms with van der Waals surface area (Å²) in [4.78, 5) is 23.9. The molecule has 5 heteroatoms. The summed E-state index contributed by atoms with van der Waals surface area (Å²) in [6.45, 7) is 1.84. The third-order valence-corrected chi connectivity index (χ3v) is 3.95. The number of para-hydroxylation sites is 1. The number of nitrogens with one attached hydrogen (secondary N) is 1. The third-order valence-electron chi connectivity index (χ3n) is 3.95. The predicted octanol–water partition coefficient (Wildman–Crippen LogP) is 3.76. The highest BCUT2D eigenvalue weighted by molar-refractivity contribution is 5.92. The summed E-state index contributed by atoms with van der Waals surface area (Å²) in [6, 6.07) is 14.9. The lowest BCUT2D eigenvalue weighted by Gasteiger charge is -2.09. The fraction of sp³-hybridized carbons (Fsp3) is 0.333. The van der Waals surface area contributed by atoms with E-state index in [1.165, 1.54) is 5.56 Å². The molecule has 0 aliphatic rings. The first-order valence-corrected chi connectivity index (χ1v) is 8.78. The van der Waals surface area contributed by atoms with E-state index in [1.54, 1.807) is 19.2 Å². The summed E-state index contributed by atoms with van der Waals surface area (Å²) in [7, 11) is 1.55. The highest BCUT2D eigenvalue weighted by Crippen LogP contribution is 2.18. The van der Waals surface area contributed by atoms with Crippen molar-refractivity contribution >= 4 is 17.6 Å². The van der Waals surface area contributed by atoms with Gasteiger partial charge >= 0.3 is 5.97 Å². The minimum absolute atomic E-state index is 0.0589. The van der Waals surface area contributed by atoms with Crippen molar-refractivity contribution in [3.8, 4) is 5.75 Å². The van der Waals surface area contributed by atoms with Crippen LogP contribution in [-0.4, -0.2) is 25.6 Å². The van der Waals surface area contributed by atoms with Gasteiger partial charge in [0.25, 0.3) is 5.91 Å². The molecule has 1 amide bonds. The number of carbonyl (C=O) groups is 2. The van der Waals surface area contributed by atoms with Crippen LogP contribution in [0.5, 0.6) is 5.75 Å². The Kier molecular flexibility index (Phi) is 7.68. The van der Waals surface area contributed by atoms with E-state index in [2.05, 4.69) is 12.2 Å². The van der Waals surface area contributed by atoms with Gasteiger partial charge in [-0.1, -0.05) is 43.7 Å². The Labute approximate surface area is 154 Å². The number of anilines is 1. The van der Waals surface area contributed by atoms with E-state index in [-0.39, 0.29) is 18.9 Å². The molecule has 0 radical (unpaired) electrons. The smallest absolute Gasteiger partial charge is 0.310 e. The second kappa shape index (κ2) is 10.2. The number of hydrogen-bond acceptors (Lipinski definition) is 4. The Morgan fingerprint density at radius 2 is 1.77 bits per heavy atom. The molecule has 1 N–H and O–H groups in total. The van der Waals surface area contributed by atoms with Crippen molar-refractivity contribution in [2.75, 3.05) is 19.0 Å². The zero-order chi connectivity index (χ0) is 18.8. The predicted molar refractivity (Wildman–Crippen MR) is 101 cm³/mol. The first kappa shape index (κ1) is 19.5. The Hall–Kier alpha value is -2.82. The van der Waals surface area contributed by atoms with Crippen molar-refractivity contribution in [2.24, 2.45) is 0 Å². The van der Waals surface area contributed by atoms with Gasteiger partial charge in [0.2, 0.25) is 0 Å². The number of amides is 1. The molecule has 0 fully saturated rings. The van der Waals surface area contributed by atoms with Gasteiger partial charge in [-0.3, -0.25) is 9.59 Å². The molecule has 0 bridgehead atoms. The number of hydrogen-bond donors (Lipinski definition) is 1. The van der Waals surface area contributed by atoms with Crippen LogP contribution in [0.3, 0.4) is 0 Å². The van der Waals surface area contributed by atoms with E-state index >= 15 is 0 Å². The number of aryl methyl sites for hydroxylation is 1. The number of unbranched alkanes of at least 4 members (excludes halogenated alkanes) is 1. The van der Waals surface area contributed by atoms with Crippen molar-refractivity contribution in [3.05, 3.63) is 59.7 Å². The standard InChI is InChI=1S/C21H25NO4/c1-3-4-7-16-10-12-18(13-11-16)22-20(23)15-26-21(24)14-17-8-5-6-9-19(17)25-2/h5-6,8-13H,3-4,7,14-15H2,1-2H3,(H,22,23). The molecule has 0 saturated heterocycles. The van der Waals surface area contributed by atoms with E-state index in [0.29, 0.717) is 11.4 Å². The second-order valence-corrected chi connectivity index (χ2v) is 6.00. The zero-order valence-corrected chi connectivity index (χ0v) is 15.3. The molecule has 26 heavy (non-hydrogen) atoms. The second-order valence-electron chi connectivity index (χ2n) is 6.00. The van der Waals surface area contributed by atoms with Crippen molar-refractivity contribution in [1.82, 2.24) is 0 Å². The van der Waals surface area contributed by atoms with Crippen LogP contribution < -0.4 is 10.1 Å². The highest BCUT2D eigenvalue weighted by Gasteiger charge is 2.11. The Morgan fingerprint density at radius 3 is 2.46 bits per heavy atom. The van der Waals surface area contributed by atoms with Crippen LogP contribution in [0.1, 0.15) is 30.9 Å². The maximum atomic E-state index is 11.9. The lowest BCUT2D eigenvalue weighted by Crippen LogP contribution is -2.21. The molecule has 0 heterocycles. The van der Waals surface area contributed by atoms with Crippen molar-refractivity contribution in [1.29, 1.82) is 0 Å². The van der Waals surface area contributed by atoms with E-state index in [4.69, 9.17) is 9.47 Å². The molecule has 138 valence electrons. The normalized spacial score (nSPS) is 10.2. The van der Waals surface area contributed by atoms with Crippen LogP contribution >= 0.6 is 0 Å². The number of carbonyl (C=O) groups excluding carboxylic acids is 2. The van der Waals surface area contributed by atoms with Crippen molar-refractivity contribution < 1.29 is 19.1 Å². The van der Waals surface area contributed by atoms with E-state index in [1.807, 2.05) is 36.4 Å². The molecule has 2 aromatic carbocycles. The molecule has 0 aromatic heterocycles. The van der Waals surface area contributed by atoms with Crippen LogP contribution in [-0.2, 0) is 27.2 Å². The molecular formula is C21H25NO4. The van der Waals surface area contributed by atoms with Crippen molar-refractivity contribution in [2.45, 2.75) is 32.6 Å². The molecule has 0 aliphatic heterocycles. The van der Waals surface area contributed by atoms with Gasteiger partial charge in [0.1, 0.15) is 5.75 Å². The van der Waals surface area contributed by atoms with E-state index in [9.17, 15) is 9.59 Å². The fourth-order valence-electron chi connectivity index (χ4n) is 2.53. The summed E-state index contributed by atoms with van der Waals surface area (Å²) in [5.74, 6) is -0.212. The molecule has 0 atom stereocenters. The Morgan fingerprint density at radius 1 is 1.04 bits per heavy atom. The summed E-state index contributed by atoms with van der Waals surface area (Å²) >= 11 is 0. The number of ether oxygens (including phenoxy) is 2. The topological polar surface area (TPSA) is 64.6 Å². The summed E-state index contributed by atoms with van der Waals surface area (Å²) < 4.78 is 10.2. The maximum absolute atomic E-state index is 11.9. The molecule has 0 unspecified atom stereocenters. The van der Waals surface area contributed by atoms with Gasteiger partial charge < -0.3 is 14.8 Å². The lowest BCUT2D eigenvalue weighted by atomic mass is 10.1. The van der Waals surface area contributed by atoms with Crippen LogP contribution in [0, 0.1) is 0 Å². The molecule has 2 rings (SSSR count). The average Bonchev–Trinajstić information content (AvgIpc) is 2.66. The van der Waals surface area contributed by atoms with Gasteiger partial charge in [-0.25, -0.2) is 0 Å². The molecule has 0 aliphatic carbocycles. The van der Waals surface area contributed by atoms with Crippen LogP contribution in [0.4, 0.5) is 5.69 Å². The summed E-state index contributed by atoms with van der Waals surface area (Å²) in [5, 5.41) is 2.73. The number of rotatable bonds is 9. The van der Waals surface area contributed by atoms with Crippen LogP contribution in [0.25, 0.3) is 0 Å². The number of esters is 1. The minimum Gasteiger partial charge on any atom is -0.496 e. The molecule has 0 saturated carbocycles. The van der Waals surface area contributed by atoms with E-state index < -0.39 is 5.97 Å². The number of methoxy groups -OCH3 is 1. The fourth-order valence-corrected chi connectivity index (χ4v) is 2.53. The van der Waals surface area contributed by atoms with Gasteiger partial charge in [0.15, 0.2) is 6.61 Å². The highest BCUT2D eigenvalue weighted by atomic mass is 16.5. The van der Waals surface area contributed by atoms with Crippen LogP contribution in [0.15, 0.2) is 48.5 Å². The molecule has 2 aromatic rings. The SMILES string of the molecule is CCCCc1ccc(NC(=O)COC(=O)Cc2ccccc2OC)cc1. The monoisotopic (exact) mass is 355 g/mol. The molecule has 5 nitrogen and oxygen atoms in total. The molecule has 0 spiro atoms. The van der Waals surface area contributed by atoms with Gasteiger partial charge in [0.05, 0.1) is 13.5 Å². The lowest BCUT2D eigenvalue weighted by molar-refractivity contribution is -0.146. The van der Waals surface area contributed by atoms with Gasteiger partial charge in [-0.2, -0.15) is 0 Å². The van der Waals surface area contributed by atoms with Gasteiger partial charge in [0, 0.05) is 11.3 Å². The largest absolute Gasteiger partial charge is 0.496 e. The first-order chi connectivity index (χ1) is 12.6. The minimum atomic E-state index is -0.473. The zero-order valence-electron chi connectivity index (χ0n) is 15.3.